The van der Waals surface area contributed by atoms with E-state index in [1.807, 2.05) is 0 Å². The smallest absolute Gasteiger partial charge is 0.137 e. The van der Waals surface area contributed by atoms with Crippen molar-refractivity contribution in [2.45, 2.75) is 19.8 Å². The van der Waals surface area contributed by atoms with E-state index < -0.39 is 0 Å². The van der Waals surface area contributed by atoms with Gasteiger partial charge in [0.05, 0.1) is 0 Å². The van der Waals surface area contributed by atoms with Crippen molar-refractivity contribution < 1.29 is 9.18 Å². The van der Waals surface area contributed by atoms with Crippen LogP contribution in [0.15, 0.2) is 22.7 Å². The first-order valence-corrected chi connectivity index (χ1v) is 4.77. The third-order valence-electron chi connectivity index (χ3n) is 2.04. The second kappa shape index (κ2) is 4.01. The summed E-state index contributed by atoms with van der Waals surface area (Å²) in [5.41, 5.74) is 0.828. The Morgan fingerprint density at radius 3 is 2.62 bits per heavy atom. The maximum atomic E-state index is 12.7. The molecule has 0 spiro atoms. The minimum atomic E-state index is -0.300. The Bertz CT molecular complexity index is 336. The van der Waals surface area contributed by atoms with Gasteiger partial charge < -0.3 is 0 Å². The number of Topliss-reactive ketones (excluding diaryl/α,β-unsaturated/α-hetero) is 1. The number of carbonyl (C=O) groups excluding carboxylic acids is 1. The van der Waals surface area contributed by atoms with Crippen LogP contribution in [0.1, 0.15) is 25.3 Å². The van der Waals surface area contributed by atoms with Crippen LogP contribution in [0.25, 0.3) is 0 Å². The van der Waals surface area contributed by atoms with Crippen molar-refractivity contribution in [1.29, 1.82) is 0 Å². The van der Waals surface area contributed by atoms with Crippen LogP contribution in [0, 0.1) is 5.82 Å². The highest BCUT2D eigenvalue weighted by Gasteiger charge is 2.13. The highest BCUT2D eigenvalue weighted by molar-refractivity contribution is 9.10. The molecule has 0 saturated heterocycles. The Kier molecular flexibility index (Phi) is 3.20. The number of hydrogen-bond donors (Lipinski definition) is 0. The van der Waals surface area contributed by atoms with Gasteiger partial charge in [0.1, 0.15) is 11.6 Å². The van der Waals surface area contributed by atoms with Gasteiger partial charge in [0.2, 0.25) is 0 Å². The van der Waals surface area contributed by atoms with Crippen molar-refractivity contribution in [3.63, 3.8) is 0 Å². The Hall–Kier alpha value is -0.700. The standard InChI is InChI=1S/C10H10BrFO/c1-6(7(2)13)9-4-3-8(12)5-10(9)11/h3-6H,1-2H3. The van der Waals surface area contributed by atoms with Crippen LogP contribution in [0.5, 0.6) is 0 Å². The fourth-order valence-corrected chi connectivity index (χ4v) is 1.77. The number of benzene rings is 1. The van der Waals surface area contributed by atoms with Gasteiger partial charge in [-0.25, -0.2) is 4.39 Å². The number of rotatable bonds is 2. The lowest BCUT2D eigenvalue weighted by Crippen LogP contribution is -2.04. The summed E-state index contributed by atoms with van der Waals surface area (Å²) in [6.45, 7) is 3.33. The summed E-state index contributed by atoms with van der Waals surface area (Å²) >= 11 is 3.22. The molecule has 0 aliphatic rings. The van der Waals surface area contributed by atoms with Gasteiger partial charge in [-0.1, -0.05) is 28.9 Å². The van der Waals surface area contributed by atoms with E-state index in [2.05, 4.69) is 15.9 Å². The molecule has 0 fully saturated rings. The monoisotopic (exact) mass is 244 g/mol. The molecule has 0 aliphatic carbocycles. The van der Waals surface area contributed by atoms with Gasteiger partial charge in [0.25, 0.3) is 0 Å². The first kappa shape index (κ1) is 10.4. The molecule has 1 nitrogen and oxygen atoms in total. The van der Waals surface area contributed by atoms with E-state index in [4.69, 9.17) is 0 Å². The van der Waals surface area contributed by atoms with E-state index in [0.29, 0.717) is 4.47 Å². The fourth-order valence-electron chi connectivity index (χ4n) is 1.07. The van der Waals surface area contributed by atoms with Crippen molar-refractivity contribution in [2.24, 2.45) is 0 Å². The molecule has 3 heteroatoms. The van der Waals surface area contributed by atoms with Gasteiger partial charge in [-0.3, -0.25) is 4.79 Å². The number of hydrogen-bond acceptors (Lipinski definition) is 1. The van der Waals surface area contributed by atoms with Crippen LogP contribution in [0.3, 0.4) is 0 Å². The summed E-state index contributed by atoms with van der Waals surface area (Å²) < 4.78 is 13.3. The molecule has 0 bridgehead atoms. The number of ketones is 1. The normalized spacial score (nSPS) is 12.6. The number of carbonyl (C=O) groups is 1. The van der Waals surface area contributed by atoms with Crippen LogP contribution in [0.2, 0.25) is 0 Å². The maximum Gasteiger partial charge on any atom is 0.137 e. The molecule has 1 rings (SSSR count). The first-order valence-electron chi connectivity index (χ1n) is 3.97. The molecule has 0 heterocycles. The predicted octanol–water partition coefficient (Wildman–Crippen LogP) is 3.28. The predicted molar refractivity (Wildman–Crippen MR) is 53.2 cm³/mol. The third kappa shape index (κ3) is 2.37. The van der Waals surface area contributed by atoms with Gasteiger partial charge in [-0.05, 0) is 24.6 Å². The summed E-state index contributed by atoms with van der Waals surface area (Å²) in [6.07, 6.45) is 0. The SMILES string of the molecule is CC(=O)C(C)c1ccc(F)cc1Br. The van der Waals surface area contributed by atoms with Crippen LogP contribution >= 0.6 is 15.9 Å². The van der Waals surface area contributed by atoms with Crippen molar-refractivity contribution in [3.8, 4) is 0 Å². The molecule has 13 heavy (non-hydrogen) atoms. The summed E-state index contributed by atoms with van der Waals surface area (Å²) in [4.78, 5) is 11.1. The van der Waals surface area contributed by atoms with Crippen LogP contribution in [0.4, 0.5) is 4.39 Å². The van der Waals surface area contributed by atoms with Crippen molar-refractivity contribution in [3.05, 3.63) is 34.1 Å². The Labute approximate surface area is 85.1 Å². The fraction of sp³-hybridized carbons (Fsp3) is 0.300. The Morgan fingerprint density at radius 1 is 1.54 bits per heavy atom. The molecule has 0 amide bonds. The molecule has 0 aromatic heterocycles. The van der Waals surface area contributed by atoms with Crippen LogP contribution in [-0.2, 0) is 4.79 Å². The maximum absolute atomic E-state index is 12.7. The zero-order valence-corrected chi connectivity index (χ0v) is 9.06. The summed E-state index contributed by atoms with van der Waals surface area (Å²) in [5.74, 6) is -0.409. The van der Waals surface area contributed by atoms with Crippen molar-refractivity contribution in [2.75, 3.05) is 0 Å². The Balaban J connectivity index is 3.08. The zero-order chi connectivity index (χ0) is 10.0. The molecule has 70 valence electrons. The average molecular weight is 245 g/mol. The van der Waals surface area contributed by atoms with E-state index in [-0.39, 0.29) is 17.5 Å². The second-order valence-corrected chi connectivity index (χ2v) is 3.85. The lowest BCUT2D eigenvalue weighted by atomic mass is 9.98. The van der Waals surface area contributed by atoms with Gasteiger partial charge >= 0.3 is 0 Å². The summed E-state index contributed by atoms with van der Waals surface area (Å²) in [7, 11) is 0. The van der Waals surface area contributed by atoms with Crippen LogP contribution in [-0.4, -0.2) is 5.78 Å². The third-order valence-corrected chi connectivity index (χ3v) is 2.73. The molecule has 1 aromatic carbocycles. The molecule has 0 aliphatic heterocycles. The number of halogens is 2. The largest absolute Gasteiger partial charge is 0.299 e. The van der Waals surface area contributed by atoms with Gasteiger partial charge in [-0.2, -0.15) is 0 Å². The molecule has 1 atom stereocenters. The first-order chi connectivity index (χ1) is 6.02. The topological polar surface area (TPSA) is 17.1 Å². The van der Waals surface area contributed by atoms with E-state index in [1.54, 1.807) is 13.0 Å². The lowest BCUT2D eigenvalue weighted by molar-refractivity contribution is -0.118. The molecular weight excluding hydrogens is 235 g/mol. The highest BCUT2D eigenvalue weighted by atomic mass is 79.9. The highest BCUT2D eigenvalue weighted by Crippen LogP contribution is 2.25. The van der Waals surface area contributed by atoms with Gasteiger partial charge in [0.15, 0.2) is 0 Å². The summed E-state index contributed by atoms with van der Waals surface area (Å²) in [5, 5.41) is 0. The lowest BCUT2D eigenvalue weighted by Gasteiger charge is -2.09. The molecule has 0 N–H and O–H groups in total. The van der Waals surface area contributed by atoms with Crippen LogP contribution < -0.4 is 0 Å². The van der Waals surface area contributed by atoms with E-state index in [0.717, 1.165) is 5.56 Å². The summed E-state index contributed by atoms with van der Waals surface area (Å²) in [6, 6.07) is 4.36. The average Bonchev–Trinajstić information content (AvgIpc) is 2.03. The molecule has 1 aromatic rings. The van der Waals surface area contributed by atoms with Crippen molar-refractivity contribution in [1.82, 2.24) is 0 Å². The van der Waals surface area contributed by atoms with Gasteiger partial charge in [-0.15, -0.1) is 0 Å². The quantitative estimate of drug-likeness (QED) is 0.781. The molecule has 0 radical (unpaired) electrons. The van der Waals surface area contributed by atoms with E-state index >= 15 is 0 Å². The van der Waals surface area contributed by atoms with E-state index in [9.17, 15) is 9.18 Å². The second-order valence-electron chi connectivity index (χ2n) is 3.00. The van der Waals surface area contributed by atoms with Gasteiger partial charge in [0, 0.05) is 10.4 Å². The molecular formula is C10H10BrFO. The molecule has 1 unspecified atom stereocenters. The van der Waals surface area contributed by atoms with E-state index in [1.165, 1.54) is 19.1 Å². The van der Waals surface area contributed by atoms with Crippen molar-refractivity contribution >= 4 is 21.7 Å². The minimum absolute atomic E-state index is 0.0762. The zero-order valence-electron chi connectivity index (χ0n) is 7.47. The Morgan fingerprint density at radius 2 is 2.15 bits per heavy atom. The minimum Gasteiger partial charge on any atom is -0.299 e. The molecule has 0 saturated carbocycles.